The molecule has 4 nitrogen and oxygen atoms in total. The Balaban J connectivity index is 3.24. The van der Waals surface area contributed by atoms with Crippen molar-refractivity contribution in [1.82, 2.24) is 4.57 Å². The van der Waals surface area contributed by atoms with Gasteiger partial charge in [-0.1, -0.05) is 13.8 Å². The summed E-state index contributed by atoms with van der Waals surface area (Å²) < 4.78 is 1.65. The van der Waals surface area contributed by atoms with Crippen molar-refractivity contribution < 1.29 is 15.0 Å². The molecule has 0 fully saturated rings. The second kappa shape index (κ2) is 4.10. The van der Waals surface area contributed by atoms with Gasteiger partial charge in [-0.25, -0.2) is 4.79 Å². The average molecular weight is 233 g/mol. The standard InChI is InChI=1S/C8H11NO3S2/c1-4(2)6(7(11)12)9-5(10)3-14-8(9)13/h3-4,6,10H,1-2H3,(H,11,12). The minimum Gasteiger partial charge on any atom is -0.494 e. The summed E-state index contributed by atoms with van der Waals surface area (Å²) >= 11 is 6.10. The van der Waals surface area contributed by atoms with E-state index in [4.69, 9.17) is 17.3 Å². The molecule has 1 aromatic heterocycles. The van der Waals surface area contributed by atoms with E-state index in [0.717, 1.165) is 11.3 Å². The molecule has 0 aliphatic carbocycles. The predicted octanol–water partition coefficient (Wildman–Crippen LogP) is 2.27. The van der Waals surface area contributed by atoms with Crippen LogP contribution in [0.4, 0.5) is 0 Å². The van der Waals surface area contributed by atoms with Crippen LogP contribution in [0, 0.1) is 9.87 Å². The molecule has 0 radical (unpaired) electrons. The number of carbonyl (C=O) groups is 1. The first-order chi connectivity index (χ1) is 6.45. The van der Waals surface area contributed by atoms with Crippen LogP contribution < -0.4 is 0 Å². The number of rotatable bonds is 3. The molecule has 0 aromatic carbocycles. The largest absolute Gasteiger partial charge is 0.494 e. The van der Waals surface area contributed by atoms with E-state index in [1.54, 1.807) is 13.8 Å². The lowest BCUT2D eigenvalue weighted by Gasteiger charge is -2.18. The van der Waals surface area contributed by atoms with E-state index >= 15 is 0 Å². The molecule has 0 aliphatic heterocycles. The molecule has 2 N–H and O–H groups in total. The van der Waals surface area contributed by atoms with Crippen LogP contribution >= 0.6 is 23.6 Å². The monoisotopic (exact) mass is 233 g/mol. The molecule has 78 valence electrons. The van der Waals surface area contributed by atoms with Crippen molar-refractivity contribution in [2.45, 2.75) is 19.9 Å². The summed E-state index contributed by atoms with van der Waals surface area (Å²) in [5.74, 6) is -1.19. The number of aromatic nitrogens is 1. The first kappa shape index (κ1) is 11.2. The maximum Gasteiger partial charge on any atom is 0.327 e. The molecule has 14 heavy (non-hydrogen) atoms. The van der Waals surface area contributed by atoms with E-state index in [-0.39, 0.29) is 11.8 Å². The second-order valence-electron chi connectivity index (χ2n) is 3.26. The average Bonchev–Trinajstić information content (AvgIpc) is 2.34. The summed E-state index contributed by atoms with van der Waals surface area (Å²) in [4.78, 5) is 11.0. The fourth-order valence-electron chi connectivity index (χ4n) is 1.26. The SMILES string of the molecule is CC(C)C(C(=O)O)n1c(O)csc1=S. The van der Waals surface area contributed by atoms with Crippen LogP contribution in [-0.2, 0) is 4.79 Å². The van der Waals surface area contributed by atoms with E-state index in [2.05, 4.69) is 0 Å². The minimum absolute atomic E-state index is 0.0823. The number of hydrogen-bond donors (Lipinski definition) is 2. The van der Waals surface area contributed by atoms with Crippen LogP contribution in [0.15, 0.2) is 5.38 Å². The van der Waals surface area contributed by atoms with Crippen molar-refractivity contribution in [2.24, 2.45) is 5.92 Å². The normalized spacial score (nSPS) is 13.1. The van der Waals surface area contributed by atoms with Gasteiger partial charge in [-0.2, -0.15) is 0 Å². The Morgan fingerprint density at radius 3 is 2.50 bits per heavy atom. The van der Waals surface area contributed by atoms with E-state index in [9.17, 15) is 9.90 Å². The van der Waals surface area contributed by atoms with E-state index in [1.165, 1.54) is 9.95 Å². The minimum atomic E-state index is -0.982. The molecule has 0 aliphatic rings. The fourth-order valence-corrected chi connectivity index (χ4v) is 2.25. The number of thiazole rings is 1. The van der Waals surface area contributed by atoms with E-state index in [0.29, 0.717) is 3.95 Å². The van der Waals surface area contributed by atoms with Gasteiger partial charge < -0.3 is 10.2 Å². The third-order valence-electron chi connectivity index (χ3n) is 1.87. The molecule has 0 spiro atoms. The summed E-state index contributed by atoms with van der Waals surface area (Å²) in [6.07, 6.45) is 0. The third-order valence-corrected chi connectivity index (χ3v) is 3.08. The molecule has 1 aromatic rings. The van der Waals surface area contributed by atoms with Crippen molar-refractivity contribution in [3.05, 3.63) is 9.33 Å². The Kier molecular flexibility index (Phi) is 3.28. The zero-order chi connectivity index (χ0) is 10.9. The van der Waals surface area contributed by atoms with Crippen LogP contribution in [0.2, 0.25) is 0 Å². The topological polar surface area (TPSA) is 62.5 Å². The number of carboxylic acids is 1. The number of aromatic hydroxyl groups is 1. The van der Waals surface area contributed by atoms with Crippen molar-refractivity contribution in [3.8, 4) is 5.88 Å². The molecular weight excluding hydrogens is 222 g/mol. The molecule has 0 amide bonds. The smallest absolute Gasteiger partial charge is 0.327 e. The Bertz CT molecular complexity index is 394. The van der Waals surface area contributed by atoms with Gasteiger partial charge in [-0.15, -0.1) is 11.3 Å². The molecule has 1 heterocycles. The first-order valence-electron chi connectivity index (χ1n) is 4.07. The van der Waals surface area contributed by atoms with Crippen LogP contribution in [0.25, 0.3) is 0 Å². The van der Waals surface area contributed by atoms with Gasteiger partial charge >= 0.3 is 5.97 Å². The number of nitrogens with zero attached hydrogens (tertiary/aromatic N) is 1. The Hall–Kier alpha value is -0.880. The fraction of sp³-hybridized carbons (Fsp3) is 0.500. The first-order valence-corrected chi connectivity index (χ1v) is 5.35. The van der Waals surface area contributed by atoms with Crippen LogP contribution in [0.5, 0.6) is 5.88 Å². The van der Waals surface area contributed by atoms with Crippen molar-refractivity contribution >= 4 is 29.5 Å². The highest BCUT2D eigenvalue weighted by Gasteiger charge is 2.26. The van der Waals surface area contributed by atoms with Gasteiger partial charge in [0.2, 0.25) is 5.88 Å². The zero-order valence-electron chi connectivity index (χ0n) is 7.80. The molecule has 1 atom stereocenters. The highest BCUT2D eigenvalue weighted by atomic mass is 32.1. The molecule has 0 saturated carbocycles. The summed E-state index contributed by atoms with van der Waals surface area (Å²) in [6, 6.07) is -0.797. The Morgan fingerprint density at radius 1 is 1.64 bits per heavy atom. The lowest BCUT2D eigenvalue weighted by molar-refractivity contribution is -0.142. The molecule has 6 heteroatoms. The summed E-state index contributed by atoms with van der Waals surface area (Å²) in [6.45, 7) is 3.55. The maximum atomic E-state index is 11.0. The van der Waals surface area contributed by atoms with Gasteiger partial charge in [0.1, 0.15) is 6.04 Å². The quantitative estimate of drug-likeness (QED) is 0.786. The van der Waals surface area contributed by atoms with Crippen molar-refractivity contribution in [3.63, 3.8) is 0 Å². The summed E-state index contributed by atoms with van der Waals surface area (Å²) in [5, 5.41) is 19.9. The molecule has 1 rings (SSSR count). The van der Waals surface area contributed by atoms with Gasteiger partial charge in [0, 0.05) is 0 Å². The molecular formula is C8H11NO3S2. The number of carboxylic acid groups (broad SMARTS) is 1. The number of aliphatic carboxylic acids is 1. The lowest BCUT2D eigenvalue weighted by atomic mass is 10.0. The summed E-state index contributed by atoms with van der Waals surface area (Å²) in [5.41, 5.74) is 0. The van der Waals surface area contributed by atoms with Gasteiger partial charge in [-0.05, 0) is 18.1 Å². The van der Waals surface area contributed by atoms with Gasteiger partial charge in [-0.3, -0.25) is 4.57 Å². The van der Waals surface area contributed by atoms with Crippen LogP contribution in [0.1, 0.15) is 19.9 Å². The molecule has 0 saturated heterocycles. The van der Waals surface area contributed by atoms with E-state index in [1.807, 2.05) is 0 Å². The number of hydrogen-bond acceptors (Lipinski definition) is 4. The van der Waals surface area contributed by atoms with Crippen molar-refractivity contribution in [2.75, 3.05) is 0 Å². The Morgan fingerprint density at radius 2 is 2.21 bits per heavy atom. The Labute approximate surface area is 90.4 Å². The van der Waals surface area contributed by atoms with Crippen LogP contribution in [-0.4, -0.2) is 20.7 Å². The molecule has 0 bridgehead atoms. The van der Waals surface area contributed by atoms with Crippen molar-refractivity contribution in [1.29, 1.82) is 0 Å². The zero-order valence-corrected chi connectivity index (χ0v) is 9.43. The predicted molar refractivity (Wildman–Crippen MR) is 56.3 cm³/mol. The van der Waals surface area contributed by atoms with E-state index < -0.39 is 12.0 Å². The lowest BCUT2D eigenvalue weighted by Crippen LogP contribution is -2.23. The van der Waals surface area contributed by atoms with Gasteiger partial charge in [0.15, 0.2) is 3.95 Å². The second-order valence-corrected chi connectivity index (χ2v) is 4.76. The summed E-state index contributed by atoms with van der Waals surface area (Å²) in [7, 11) is 0. The van der Waals surface area contributed by atoms with Gasteiger partial charge in [0.05, 0.1) is 5.38 Å². The van der Waals surface area contributed by atoms with Gasteiger partial charge in [0.25, 0.3) is 0 Å². The third kappa shape index (κ3) is 1.96. The molecule has 1 unspecified atom stereocenters. The highest BCUT2D eigenvalue weighted by molar-refractivity contribution is 7.73. The van der Waals surface area contributed by atoms with Crippen LogP contribution in [0.3, 0.4) is 0 Å². The maximum absolute atomic E-state index is 11.0. The highest BCUT2D eigenvalue weighted by Crippen LogP contribution is 2.27.